The lowest BCUT2D eigenvalue weighted by molar-refractivity contribution is 0.114. The highest BCUT2D eigenvalue weighted by atomic mass is 32.2. The van der Waals surface area contributed by atoms with Crippen molar-refractivity contribution in [2.45, 2.75) is 50.3 Å². The van der Waals surface area contributed by atoms with Crippen molar-refractivity contribution < 1.29 is 13.0 Å². The summed E-state index contributed by atoms with van der Waals surface area (Å²) in [5, 5.41) is -0.646. The van der Waals surface area contributed by atoms with E-state index in [2.05, 4.69) is 31.7 Å². The number of nitrogens with zero attached hydrogens (tertiary/aromatic N) is 1. The molecule has 0 aromatic heterocycles. The molecule has 4 aliphatic rings. The van der Waals surface area contributed by atoms with Crippen LogP contribution in [0.4, 0.5) is 0 Å². The number of aliphatic imine (C=N–C) groups is 1. The molecule has 0 heterocycles. The highest BCUT2D eigenvalue weighted by Gasteiger charge is 2.53. The summed E-state index contributed by atoms with van der Waals surface area (Å²) >= 11 is 0. The second kappa shape index (κ2) is 6.20. The average molecular weight is 362 g/mol. The number of hydrogen-bond donors (Lipinski definition) is 1. The van der Waals surface area contributed by atoms with Gasteiger partial charge in [0, 0.05) is 17.5 Å². The molecule has 3 saturated carbocycles. The van der Waals surface area contributed by atoms with Gasteiger partial charge in [-0.15, -0.1) is 0 Å². The minimum absolute atomic E-state index is 0.0986. The molecule has 0 aliphatic heterocycles. The van der Waals surface area contributed by atoms with E-state index in [0.29, 0.717) is 36.5 Å². The van der Waals surface area contributed by atoms with Crippen LogP contribution in [0.25, 0.3) is 0 Å². The van der Waals surface area contributed by atoms with E-state index >= 15 is 0 Å². The van der Waals surface area contributed by atoms with E-state index in [1.54, 1.807) is 0 Å². The predicted octanol–water partition coefficient (Wildman–Crippen LogP) is 3.83. The number of allylic oxidation sites excluding steroid dienone is 3. The Morgan fingerprint density at radius 2 is 1.92 bits per heavy atom. The van der Waals surface area contributed by atoms with E-state index in [0.717, 1.165) is 30.5 Å². The van der Waals surface area contributed by atoms with Crippen LogP contribution >= 0.6 is 0 Å². The molecular formula is C20H27NO3S. The first kappa shape index (κ1) is 17.2. The summed E-state index contributed by atoms with van der Waals surface area (Å²) in [6.07, 6.45) is 12.8. The summed E-state index contributed by atoms with van der Waals surface area (Å²) in [7, 11) is -4.00. The zero-order valence-corrected chi connectivity index (χ0v) is 15.5. The molecule has 4 nitrogen and oxygen atoms in total. The summed E-state index contributed by atoms with van der Waals surface area (Å²) in [5.74, 6) is 1.76. The van der Waals surface area contributed by atoms with E-state index in [1.165, 1.54) is 0 Å². The zero-order chi connectivity index (χ0) is 17.8. The lowest BCUT2D eigenvalue weighted by Crippen LogP contribution is -2.41. The quantitative estimate of drug-likeness (QED) is 0.760. The summed E-state index contributed by atoms with van der Waals surface area (Å²) in [6, 6.07) is 0.0986. The van der Waals surface area contributed by atoms with Gasteiger partial charge in [0.15, 0.2) is 0 Å². The van der Waals surface area contributed by atoms with Crippen molar-refractivity contribution in [3.8, 4) is 0 Å². The minimum Gasteiger partial charge on any atom is -0.285 e. The lowest BCUT2D eigenvalue weighted by Gasteiger charge is -2.42. The molecule has 4 aliphatic carbocycles. The average Bonchev–Trinajstić information content (AvgIpc) is 2.83. The molecule has 0 amide bonds. The van der Waals surface area contributed by atoms with Crippen molar-refractivity contribution in [2.24, 2.45) is 34.6 Å². The standard InChI is InChI=1S/C20H27NO3S/c1-12-6-3-4-9-18(12)21-20-13(2)16-8-5-7-14-10-15(25(22,23)24)11-17(20)19(14)16/h3-4,6,9,12,14-19H,2,5,7-8,10-11H2,1H3,(H,22,23,24). The second-order valence-corrected chi connectivity index (χ2v) is 9.95. The van der Waals surface area contributed by atoms with Crippen LogP contribution in [-0.2, 0) is 10.1 Å². The predicted molar refractivity (Wildman–Crippen MR) is 100 cm³/mol. The van der Waals surface area contributed by atoms with Crippen LogP contribution < -0.4 is 0 Å². The Hall–Kier alpha value is -1.20. The smallest absolute Gasteiger partial charge is 0.267 e. The Kier molecular flexibility index (Phi) is 4.27. The van der Waals surface area contributed by atoms with E-state index < -0.39 is 15.4 Å². The highest BCUT2D eigenvalue weighted by Crippen LogP contribution is 2.56. The summed E-state index contributed by atoms with van der Waals surface area (Å²) in [5.41, 5.74) is 2.16. The third kappa shape index (κ3) is 2.95. The molecule has 25 heavy (non-hydrogen) atoms. The van der Waals surface area contributed by atoms with E-state index in [9.17, 15) is 13.0 Å². The monoisotopic (exact) mass is 361 g/mol. The van der Waals surface area contributed by atoms with Crippen LogP contribution in [0.3, 0.4) is 0 Å². The van der Waals surface area contributed by atoms with Crippen molar-refractivity contribution in [3.05, 3.63) is 36.5 Å². The lowest BCUT2D eigenvalue weighted by atomic mass is 9.64. The molecule has 0 radical (unpaired) electrons. The van der Waals surface area contributed by atoms with Crippen molar-refractivity contribution in [3.63, 3.8) is 0 Å². The summed E-state index contributed by atoms with van der Waals surface area (Å²) in [6.45, 7) is 6.53. The molecule has 136 valence electrons. The zero-order valence-electron chi connectivity index (χ0n) is 14.7. The van der Waals surface area contributed by atoms with Crippen LogP contribution in [0.1, 0.15) is 39.0 Å². The fraction of sp³-hybridized carbons (Fsp3) is 0.650. The number of rotatable bonds is 2. The van der Waals surface area contributed by atoms with Crippen LogP contribution in [0.15, 0.2) is 41.4 Å². The minimum atomic E-state index is -4.00. The summed E-state index contributed by atoms with van der Waals surface area (Å²) in [4.78, 5) is 5.06. The van der Waals surface area contributed by atoms with Gasteiger partial charge in [-0.1, -0.05) is 50.6 Å². The fourth-order valence-electron chi connectivity index (χ4n) is 5.65. The maximum absolute atomic E-state index is 11.8. The molecule has 7 atom stereocenters. The van der Waals surface area contributed by atoms with Crippen LogP contribution in [-0.4, -0.2) is 30.0 Å². The molecule has 4 rings (SSSR count). The molecule has 0 aromatic carbocycles. The van der Waals surface area contributed by atoms with E-state index in [1.807, 2.05) is 6.08 Å². The highest BCUT2D eigenvalue weighted by molar-refractivity contribution is 7.86. The molecule has 0 bridgehead atoms. The second-order valence-electron chi connectivity index (χ2n) is 8.25. The van der Waals surface area contributed by atoms with Gasteiger partial charge in [-0.2, -0.15) is 8.42 Å². The van der Waals surface area contributed by atoms with Gasteiger partial charge in [0.2, 0.25) is 0 Å². The van der Waals surface area contributed by atoms with Crippen molar-refractivity contribution in [2.75, 3.05) is 0 Å². The topological polar surface area (TPSA) is 66.7 Å². The third-order valence-corrected chi connectivity index (χ3v) is 8.08. The van der Waals surface area contributed by atoms with Crippen LogP contribution in [0.2, 0.25) is 0 Å². The molecule has 7 unspecified atom stereocenters. The van der Waals surface area contributed by atoms with Crippen LogP contribution in [0.5, 0.6) is 0 Å². The maximum Gasteiger partial charge on any atom is 0.267 e. The van der Waals surface area contributed by atoms with E-state index in [-0.39, 0.29) is 12.0 Å². The Morgan fingerprint density at radius 1 is 1.16 bits per heavy atom. The van der Waals surface area contributed by atoms with E-state index in [4.69, 9.17) is 4.99 Å². The van der Waals surface area contributed by atoms with Gasteiger partial charge in [-0.05, 0) is 42.6 Å². The molecule has 1 N–H and O–H groups in total. The van der Waals surface area contributed by atoms with Gasteiger partial charge in [-0.25, -0.2) is 0 Å². The van der Waals surface area contributed by atoms with Crippen molar-refractivity contribution in [1.29, 1.82) is 0 Å². The Morgan fingerprint density at radius 3 is 2.64 bits per heavy atom. The first-order chi connectivity index (χ1) is 11.9. The molecule has 0 aromatic rings. The van der Waals surface area contributed by atoms with Crippen LogP contribution in [0, 0.1) is 29.6 Å². The SMILES string of the molecule is C=C1C(=NC2C=CC=CC2C)C2CC(S(=O)(=O)O)CC3CCCC1C32. The number of hydrogen-bond acceptors (Lipinski definition) is 3. The Balaban J connectivity index is 1.71. The molecule has 5 heteroatoms. The summed E-state index contributed by atoms with van der Waals surface area (Å²) < 4.78 is 33.3. The fourth-order valence-corrected chi connectivity index (χ4v) is 6.59. The van der Waals surface area contributed by atoms with Gasteiger partial charge in [0.05, 0.1) is 11.3 Å². The molecular weight excluding hydrogens is 334 g/mol. The van der Waals surface area contributed by atoms with Gasteiger partial charge >= 0.3 is 0 Å². The molecule has 0 spiro atoms. The first-order valence-corrected chi connectivity index (χ1v) is 10.9. The largest absolute Gasteiger partial charge is 0.285 e. The Bertz CT molecular complexity index is 764. The van der Waals surface area contributed by atoms with Crippen molar-refractivity contribution >= 4 is 15.8 Å². The third-order valence-electron chi connectivity index (χ3n) is 6.86. The normalized spacial score (nSPS) is 45.0. The first-order valence-electron chi connectivity index (χ1n) is 9.44. The van der Waals surface area contributed by atoms with Gasteiger partial charge in [-0.3, -0.25) is 9.55 Å². The van der Waals surface area contributed by atoms with Gasteiger partial charge < -0.3 is 0 Å². The maximum atomic E-state index is 11.8. The molecule has 0 saturated heterocycles. The van der Waals surface area contributed by atoms with Gasteiger partial charge in [0.1, 0.15) is 0 Å². The Labute approximate surface area is 150 Å². The van der Waals surface area contributed by atoms with Crippen molar-refractivity contribution in [1.82, 2.24) is 0 Å². The molecule has 3 fully saturated rings. The van der Waals surface area contributed by atoms with Gasteiger partial charge in [0.25, 0.3) is 10.1 Å².